The summed E-state index contributed by atoms with van der Waals surface area (Å²) < 4.78 is 22.5. The quantitative estimate of drug-likeness (QED) is 0.773. The highest BCUT2D eigenvalue weighted by atomic mass is 35.5. The lowest BCUT2D eigenvalue weighted by Crippen LogP contribution is -2.48. The number of anilines is 1. The first kappa shape index (κ1) is 20.5. The summed E-state index contributed by atoms with van der Waals surface area (Å²) in [6, 6.07) is 7.67. The second-order valence-corrected chi connectivity index (χ2v) is 9.88. The molecule has 2 aliphatic rings. The van der Waals surface area contributed by atoms with Crippen LogP contribution in [0.2, 0.25) is 5.02 Å². The molecule has 0 saturated carbocycles. The van der Waals surface area contributed by atoms with Gasteiger partial charge in [0.25, 0.3) is 0 Å². The van der Waals surface area contributed by atoms with E-state index in [1.165, 1.54) is 5.56 Å². The first-order valence-electron chi connectivity index (χ1n) is 10.0. The van der Waals surface area contributed by atoms with Crippen LogP contribution in [0.4, 0.5) is 5.82 Å². The van der Waals surface area contributed by atoms with Crippen LogP contribution in [0.25, 0.3) is 11.4 Å². The van der Waals surface area contributed by atoms with Gasteiger partial charge in [-0.15, -0.1) is 0 Å². The Morgan fingerprint density at radius 2 is 1.83 bits per heavy atom. The lowest BCUT2D eigenvalue weighted by atomic mass is 9.95. The summed E-state index contributed by atoms with van der Waals surface area (Å²) in [7, 11) is -3.43. The van der Waals surface area contributed by atoms with Crippen LogP contribution in [0, 0.1) is 0 Å². The second kappa shape index (κ2) is 8.55. The van der Waals surface area contributed by atoms with E-state index in [-0.39, 0.29) is 5.75 Å². The Hall–Kier alpha value is -1.74. The van der Waals surface area contributed by atoms with Crippen molar-refractivity contribution < 1.29 is 8.42 Å². The normalized spacial score (nSPS) is 17.9. The molecule has 0 radical (unpaired) electrons. The summed E-state index contributed by atoms with van der Waals surface area (Å²) in [5.74, 6) is 1.74. The Balaban J connectivity index is 1.58. The maximum Gasteiger partial charge on any atom is 0.210 e. The molecule has 1 aliphatic heterocycles. The van der Waals surface area contributed by atoms with Gasteiger partial charge in [0.1, 0.15) is 5.82 Å². The molecule has 2 heterocycles. The average Bonchev–Trinajstić information content (AvgIpc) is 2.71. The number of hydrogen-bond acceptors (Lipinski definition) is 6. The van der Waals surface area contributed by atoms with Crippen LogP contribution in [0.3, 0.4) is 0 Å². The summed E-state index contributed by atoms with van der Waals surface area (Å²) >= 11 is 6.18. The Morgan fingerprint density at radius 1 is 1.07 bits per heavy atom. The summed E-state index contributed by atoms with van der Waals surface area (Å²) in [6.45, 7) is 3.68. The second-order valence-electron chi connectivity index (χ2n) is 7.71. The summed E-state index contributed by atoms with van der Waals surface area (Å²) in [5.41, 5.74) is 3.34. The number of aryl methyl sites for hydroxylation is 1. The molecule has 2 N–H and O–H groups in total. The largest absolute Gasteiger partial charge is 0.354 e. The summed E-state index contributed by atoms with van der Waals surface area (Å²) in [6.07, 6.45) is 4.30. The molecule has 9 heteroatoms. The maximum atomic E-state index is 11.2. The van der Waals surface area contributed by atoms with Crippen molar-refractivity contribution in [1.29, 1.82) is 0 Å². The summed E-state index contributed by atoms with van der Waals surface area (Å²) in [5, 5.41) is 5.81. The van der Waals surface area contributed by atoms with Crippen molar-refractivity contribution >= 4 is 27.4 Å². The van der Waals surface area contributed by atoms with Gasteiger partial charge in [0.15, 0.2) is 5.82 Å². The third kappa shape index (κ3) is 5.06. The van der Waals surface area contributed by atoms with Gasteiger partial charge in [-0.3, -0.25) is 4.90 Å². The van der Waals surface area contributed by atoms with Gasteiger partial charge >= 0.3 is 0 Å². The molecule has 1 aromatic carbocycles. The van der Waals surface area contributed by atoms with Crippen LogP contribution in [-0.4, -0.2) is 61.8 Å². The SMILES string of the molecule is NS(=O)(=O)CCN1CCN(c2nc(-c3cccc(Cl)c3)nc3c2CCCC3)CC1. The molecule has 0 amide bonds. The zero-order chi connectivity index (χ0) is 20.4. The molecule has 1 aliphatic carbocycles. The number of piperazine rings is 1. The lowest BCUT2D eigenvalue weighted by Gasteiger charge is -2.37. The highest BCUT2D eigenvalue weighted by molar-refractivity contribution is 7.89. The minimum atomic E-state index is -3.43. The first-order valence-corrected chi connectivity index (χ1v) is 12.1. The molecule has 1 aromatic heterocycles. The third-order valence-corrected chi connectivity index (χ3v) is 6.59. The minimum Gasteiger partial charge on any atom is -0.354 e. The number of nitrogens with zero attached hydrogens (tertiary/aromatic N) is 4. The van der Waals surface area contributed by atoms with Crippen molar-refractivity contribution in [3.8, 4) is 11.4 Å². The van der Waals surface area contributed by atoms with Gasteiger partial charge in [-0.05, 0) is 37.8 Å². The summed E-state index contributed by atoms with van der Waals surface area (Å²) in [4.78, 5) is 14.3. The number of primary sulfonamides is 1. The molecular weight excluding hydrogens is 410 g/mol. The zero-order valence-corrected chi connectivity index (χ0v) is 17.9. The fourth-order valence-electron chi connectivity index (χ4n) is 4.03. The fourth-order valence-corrected chi connectivity index (χ4v) is 4.74. The third-order valence-electron chi connectivity index (χ3n) is 5.61. The standard InChI is InChI=1S/C20H26ClN5O2S/c21-16-5-3-4-15(14-16)19-23-18-7-2-1-6-17(18)20(24-19)26-10-8-25(9-11-26)12-13-29(22,27)28/h3-5,14H,1-2,6-13H2,(H2,22,27,28). The van der Waals surface area contributed by atoms with Crippen molar-refractivity contribution in [2.45, 2.75) is 25.7 Å². The molecule has 1 fully saturated rings. The molecule has 156 valence electrons. The monoisotopic (exact) mass is 435 g/mol. The van der Waals surface area contributed by atoms with Crippen LogP contribution < -0.4 is 10.0 Å². The van der Waals surface area contributed by atoms with Crippen LogP contribution in [0.5, 0.6) is 0 Å². The van der Waals surface area contributed by atoms with E-state index < -0.39 is 10.0 Å². The van der Waals surface area contributed by atoms with Gasteiger partial charge in [-0.1, -0.05) is 23.7 Å². The molecule has 0 unspecified atom stereocenters. The lowest BCUT2D eigenvalue weighted by molar-refractivity contribution is 0.271. The molecule has 7 nitrogen and oxygen atoms in total. The van der Waals surface area contributed by atoms with Crippen LogP contribution in [0.15, 0.2) is 24.3 Å². The smallest absolute Gasteiger partial charge is 0.210 e. The number of aromatic nitrogens is 2. The van der Waals surface area contributed by atoms with E-state index in [1.807, 2.05) is 24.3 Å². The van der Waals surface area contributed by atoms with E-state index in [0.29, 0.717) is 11.6 Å². The Morgan fingerprint density at radius 3 is 2.55 bits per heavy atom. The maximum absolute atomic E-state index is 11.2. The Kier molecular flexibility index (Phi) is 6.06. The Bertz CT molecular complexity index is 990. The van der Waals surface area contributed by atoms with E-state index in [2.05, 4.69) is 9.80 Å². The van der Waals surface area contributed by atoms with Gasteiger partial charge in [0.05, 0.1) is 5.75 Å². The van der Waals surface area contributed by atoms with E-state index in [1.54, 1.807) is 0 Å². The van der Waals surface area contributed by atoms with Gasteiger partial charge in [0.2, 0.25) is 10.0 Å². The number of nitrogens with two attached hydrogens (primary N) is 1. The highest BCUT2D eigenvalue weighted by Crippen LogP contribution is 2.31. The molecule has 0 spiro atoms. The molecule has 0 atom stereocenters. The number of benzene rings is 1. The van der Waals surface area contributed by atoms with E-state index in [9.17, 15) is 8.42 Å². The molecular formula is C20H26ClN5O2S. The van der Waals surface area contributed by atoms with Crippen molar-refractivity contribution in [2.75, 3.05) is 43.4 Å². The van der Waals surface area contributed by atoms with Crippen LogP contribution in [0.1, 0.15) is 24.1 Å². The van der Waals surface area contributed by atoms with Crippen LogP contribution >= 0.6 is 11.6 Å². The van der Waals surface area contributed by atoms with Crippen molar-refractivity contribution in [2.24, 2.45) is 5.14 Å². The van der Waals surface area contributed by atoms with Gasteiger partial charge in [-0.25, -0.2) is 23.5 Å². The van der Waals surface area contributed by atoms with Gasteiger partial charge in [0, 0.05) is 54.6 Å². The van der Waals surface area contributed by atoms with E-state index in [4.69, 9.17) is 26.7 Å². The molecule has 0 bridgehead atoms. The highest BCUT2D eigenvalue weighted by Gasteiger charge is 2.25. The van der Waals surface area contributed by atoms with Crippen molar-refractivity contribution in [1.82, 2.24) is 14.9 Å². The number of hydrogen-bond donors (Lipinski definition) is 1. The number of halogens is 1. The van der Waals surface area contributed by atoms with Crippen LogP contribution in [-0.2, 0) is 22.9 Å². The first-order chi connectivity index (χ1) is 13.9. The number of rotatable bonds is 5. The topological polar surface area (TPSA) is 92.4 Å². The average molecular weight is 436 g/mol. The Labute approximate surface area is 176 Å². The number of sulfonamides is 1. The van der Waals surface area contributed by atoms with Crippen molar-refractivity contribution in [3.63, 3.8) is 0 Å². The zero-order valence-electron chi connectivity index (χ0n) is 16.3. The van der Waals surface area contributed by atoms with E-state index in [0.717, 1.165) is 74.8 Å². The number of fused-ring (bicyclic) bond motifs is 1. The molecule has 4 rings (SSSR count). The predicted molar refractivity (Wildman–Crippen MR) is 116 cm³/mol. The fraction of sp³-hybridized carbons (Fsp3) is 0.500. The van der Waals surface area contributed by atoms with Crippen molar-refractivity contribution in [3.05, 3.63) is 40.5 Å². The molecule has 1 saturated heterocycles. The predicted octanol–water partition coefficient (Wildman–Crippen LogP) is 2.09. The molecule has 2 aromatic rings. The molecule has 29 heavy (non-hydrogen) atoms. The van der Waals surface area contributed by atoms with Gasteiger partial charge in [-0.2, -0.15) is 0 Å². The van der Waals surface area contributed by atoms with Gasteiger partial charge < -0.3 is 4.90 Å². The van der Waals surface area contributed by atoms with E-state index >= 15 is 0 Å². The minimum absolute atomic E-state index is 0.00514.